The Labute approximate surface area is 209 Å². The Morgan fingerprint density at radius 1 is 1.03 bits per heavy atom. The maximum atomic E-state index is 13.4. The smallest absolute Gasteiger partial charge is 0.318 e. The molecule has 7 rings (SSSR count). The SMILES string of the molecule is CC1(C)c2[nH]nc(Nc3nc(C4CC4)nc4ccccc34)c2CN1C(=O)N[C@@H]1C[C@H]1c1ccccc1. The summed E-state index contributed by atoms with van der Waals surface area (Å²) >= 11 is 0. The Morgan fingerprint density at radius 2 is 1.81 bits per heavy atom. The molecule has 2 fully saturated rings. The fourth-order valence-corrected chi connectivity index (χ4v) is 5.43. The fraction of sp³-hybridized carbons (Fsp3) is 0.357. The van der Waals surface area contributed by atoms with Crippen LogP contribution in [0.25, 0.3) is 10.9 Å². The molecule has 36 heavy (non-hydrogen) atoms. The molecule has 2 aromatic carbocycles. The molecule has 0 bridgehead atoms. The number of aromatic nitrogens is 4. The van der Waals surface area contributed by atoms with Crippen LogP contribution in [0.5, 0.6) is 0 Å². The van der Waals surface area contributed by atoms with Crippen LogP contribution in [-0.4, -0.2) is 37.1 Å². The molecular formula is C28H29N7O. The van der Waals surface area contributed by atoms with Gasteiger partial charge >= 0.3 is 6.03 Å². The molecule has 2 aromatic heterocycles. The monoisotopic (exact) mass is 479 g/mol. The van der Waals surface area contributed by atoms with Crippen molar-refractivity contribution in [3.8, 4) is 0 Å². The van der Waals surface area contributed by atoms with Gasteiger partial charge in [0, 0.05) is 28.8 Å². The number of para-hydroxylation sites is 1. The van der Waals surface area contributed by atoms with Crippen LogP contribution in [0, 0.1) is 0 Å². The zero-order valence-electron chi connectivity index (χ0n) is 20.5. The van der Waals surface area contributed by atoms with Gasteiger partial charge in [-0.1, -0.05) is 42.5 Å². The quantitative estimate of drug-likeness (QED) is 0.361. The zero-order chi connectivity index (χ0) is 24.4. The molecule has 0 saturated heterocycles. The molecule has 3 N–H and O–H groups in total. The minimum absolute atomic E-state index is 0.0394. The van der Waals surface area contributed by atoms with Gasteiger partial charge in [-0.2, -0.15) is 5.10 Å². The Kier molecular flexibility index (Phi) is 4.61. The summed E-state index contributed by atoms with van der Waals surface area (Å²) in [5, 5.41) is 15.5. The average Bonchev–Trinajstić information content (AvgIpc) is 3.80. The lowest BCUT2D eigenvalue weighted by molar-refractivity contribution is 0.142. The van der Waals surface area contributed by atoms with Gasteiger partial charge in [0.2, 0.25) is 0 Å². The molecule has 182 valence electrons. The Hall–Kier alpha value is -3.94. The predicted molar refractivity (Wildman–Crippen MR) is 138 cm³/mol. The first-order valence-electron chi connectivity index (χ1n) is 12.7. The van der Waals surface area contributed by atoms with Crippen molar-refractivity contribution >= 4 is 28.6 Å². The second-order valence-electron chi connectivity index (χ2n) is 10.7. The van der Waals surface area contributed by atoms with Gasteiger partial charge in [-0.05, 0) is 50.8 Å². The van der Waals surface area contributed by atoms with Crippen LogP contribution in [0.4, 0.5) is 16.4 Å². The number of aromatic amines is 1. The first-order valence-corrected chi connectivity index (χ1v) is 12.7. The summed E-state index contributed by atoms with van der Waals surface area (Å²) in [6.45, 7) is 4.61. The van der Waals surface area contributed by atoms with Crippen molar-refractivity contribution in [1.29, 1.82) is 0 Å². The van der Waals surface area contributed by atoms with Gasteiger partial charge < -0.3 is 15.5 Å². The summed E-state index contributed by atoms with van der Waals surface area (Å²) in [5.74, 6) is 3.21. The molecule has 2 aliphatic carbocycles. The maximum absolute atomic E-state index is 13.4. The summed E-state index contributed by atoms with van der Waals surface area (Å²) in [6.07, 6.45) is 3.26. The van der Waals surface area contributed by atoms with E-state index in [1.54, 1.807) is 0 Å². The normalized spacial score (nSPS) is 21.9. The lowest BCUT2D eigenvalue weighted by atomic mass is 10.0. The Bertz CT molecular complexity index is 1470. The Balaban J connectivity index is 1.13. The van der Waals surface area contributed by atoms with E-state index < -0.39 is 5.54 Å². The molecule has 2 amide bonds. The van der Waals surface area contributed by atoms with Crippen LogP contribution in [0.15, 0.2) is 54.6 Å². The number of amides is 2. The lowest BCUT2D eigenvalue weighted by Gasteiger charge is -2.32. The number of nitrogens with one attached hydrogen (secondary N) is 3. The van der Waals surface area contributed by atoms with Crippen molar-refractivity contribution in [1.82, 2.24) is 30.4 Å². The number of benzene rings is 2. The molecule has 2 atom stereocenters. The predicted octanol–water partition coefficient (Wildman–Crippen LogP) is 5.29. The number of carbonyl (C=O) groups excluding carboxylic acids is 1. The van der Waals surface area contributed by atoms with Crippen LogP contribution >= 0.6 is 0 Å². The number of hydrogen-bond donors (Lipinski definition) is 3. The standard InChI is InChI=1S/C28H29N7O/c1-28(2)23-20(15-35(28)27(36)30-22-14-19(22)16-8-4-3-5-9-16)26(34-33-23)32-25-18-10-6-7-11-21(18)29-24(31-25)17-12-13-17/h3-11,17,19,22H,12-15H2,1-2H3,(H,30,36)(H2,29,31,32,33,34)/t19-,22+/m0/s1. The second kappa shape index (κ2) is 7.78. The first kappa shape index (κ1) is 21.4. The van der Waals surface area contributed by atoms with Crippen LogP contribution in [0.2, 0.25) is 0 Å². The summed E-state index contributed by atoms with van der Waals surface area (Å²) in [4.78, 5) is 24.9. The van der Waals surface area contributed by atoms with E-state index >= 15 is 0 Å². The molecule has 0 spiro atoms. The van der Waals surface area contributed by atoms with E-state index in [9.17, 15) is 4.79 Å². The maximum Gasteiger partial charge on any atom is 0.318 e. The van der Waals surface area contributed by atoms with E-state index in [1.165, 1.54) is 5.56 Å². The zero-order valence-corrected chi connectivity index (χ0v) is 20.5. The molecular weight excluding hydrogens is 450 g/mol. The van der Waals surface area contributed by atoms with Crippen molar-refractivity contribution in [3.63, 3.8) is 0 Å². The highest BCUT2D eigenvalue weighted by molar-refractivity contribution is 5.91. The highest BCUT2D eigenvalue weighted by Gasteiger charge is 2.46. The third kappa shape index (κ3) is 3.51. The van der Waals surface area contributed by atoms with Crippen LogP contribution < -0.4 is 10.6 Å². The highest BCUT2D eigenvalue weighted by Crippen LogP contribution is 2.44. The van der Waals surface area contributed by atoms with Gasteiger partial charge in [-0.25, -0.2) is 14.8 Å². The summed E-state index contributed by atoms with van der Waals surface area (Å²) in [7, 11) is 0. The van der Waals surface area contributed by atoms with Crippen LogP contribution in [0.1, 0.15) is 67.6 Å². The number of H-pyrrole nitrogens is 1. The second-order valence-corrected chi connectivity index (χ2v) is 10.7. The van der Waals surface area contributed by atoms with Gasteiger partial charge in [-0.15, -0.1) is 0 Å². The Morgan fingerprint density at radius 3 is 2.61 bits per heavy atom. The number of carbonyl (C=O) groups is 1. The highest BCUT2D eigenvalue weighted by atomic mass is 16.2. The van der Waals surface area contributed by atoms with E-state index in [4.69, 9.17) is 9.97 Å². The average molecular weight is 480 g/mol. The lowest BCUT2D eigenvalue weighted by Crippen LogP contribution is -2.47. The van der Waals surface area contributed by atoms with Crippen molar-refractivity contribution in [2.75, 3.05) is 5.32 Å². The first-order chi connectivity index (χ1) is 17.5. The number of anilines is 2. The van der Waals surface area contributed by atoms with E-state index in [0.717, 1.165) is 53.1 Å². The molecule has 8 nitrogen and oxygen atoms in total. The van der Waals surface area contributed by atoms with Crippen molar-refractivity contribution in [2.45, 2.75) is 63.1 Å². The molecule has 0 radical (unpaired) electrons. The minimum Gasteiger partial charge on any atom is -0.335 e. The summed E-state index contributed by atoms with van der Waals surface area (Å²) < 4.78 is 0. The summed E-state index contributed by atoms with van der Waals surface area (Å²) in [5.41, 5.74) is 3.67. The number of rotatable bonds is 5. The van der Waals surface area contributed by atoms with Gasteiger partial charge in [0.15, 0.2) is 5.82 Å². The number of urea groups is 1. The van der Waals surface area contributed by atoms with Gasteiger partial charge in [0.1, 0.15) is 11.6 Å². The molecule has 4 aromatic rings. The largest absolute Gasteiger partial charge is 0.335 e. The van der Waals surface area contributed by atoms with E-state index in [-0.39, 0.29) is 12.1 Å². The number of fused-ring (bicyclic) bond motifs is 2. The summed E-state index contributed by atoms with van der Waals surface area (Å²) in [6, 6.07) is 18.6. The third-order valence-electron chi connectivity index (χ3n) is 7.84. The van der Waals surface area contributed by atoms with Crippen LogP contribution in [-0.2, 0) is 12.1 Å². The molecule has 3 aliphatic rings. The van der Waals surface area contributed by atoms with Gasteiger partial charge in [0.05, 0.1) is 23.3 Å². The van der Waals surface area contributed by atoms with Crippen molar-refractivity contribution in [2.24, 2.45) is 0 Å². The topological polar surface area (TPSA) is 98.8 Å². The van der Waals surface area contributed by atoms with Crippen LogP contribution in [0.3, 0.4) is 0 Å². The van der Waals surface area contributed by atoms with E-state index in [1.807, 2.05) is 35.2 Å². The number of hydrogen-bond acceptors (Lipinski definition) is 5. The van der Waals surface area contributed by atoms with Crippen molar-refractivity contribution < 1.29 is 4.79 Å². The van der Waals surface area contributed by atoms with Gasteiger partial charge in [0.25, 0.3) is 0 Å². The van der Waals surface area contributed by atoms with E-state index in [2.05, 4.69) is 58.9 Å². The molecule has 8 heteroatoms. The number of nitrogens with zero attached hydrogens (tertiary/aromatic N) is 4. The van der Waals surface area contributed by atoms with E-state index in [0.29, 0.717) is 24.2 Å². The third-order valence-corrected chi connectivity index (χ3v) is 7.84. The van der Waals surface area contributed by atoms with Gasteiger partial charge in [-0.3, -0.25) is 5.10 Å². The fourth-order valence-electron chi connectivity index (χ4n) is 5.43. The molecule has 1 aliphatic heterocycles. The van der Waals surface area contributed by atoms with Crippen molar-refractivity contribution in [3.05, 3.63) is 77.2 Å². The minimum atomic E-state index is -0.504. The molecule has 3 heterocycles. The molecule has 0 unspecified atom stereocenters. The molecule has 2 saturated carbocycles.